The van der Waals surface area contributed by atoms with E-state index in [1.165, 1.54) is 10.8 Å². The lowest BCUT2D eigenvalue weighted by Gasteiger charge is -2.04. The number of para-hydroxylation sites is 1. The van der Waals surface area contributed by atoms with Crippen molar-refractivity contribution in [3.63, 3.8) is 0 Å². The van der Waals surface area contributed by atoms with Crippen LogP contribution in [0.1, 0.15) is 11.4 Å². The molecule has 0 aliphatic carbocycles. The predicted molar refractivity (Wildman–Crippen MR) is 66.5 cm³/mol. The second kappa shape index (κ2) is 3.27. The molecule has 0 aliphatic rings. The molecule has 0 radical (unpaired) electrons. The highest BCUT2D eigenvalue weighted by atomic mass is 14.8. The standard InChI is InChI=1S/C14H12N2/c1-9-7-12-8-11-5-3-4-6-13(11)16-14(12)10(2)15-9/h3-8H,1-2H3. The maximum Gasteiger partial charge on any atom is 0.0922 e. The van der Waals surface area contributed by atoms with Gasteiger partial charge in [-0.05, 0) is 32.0 Å². The molecule has 16 heavy (non-hydrogen) atoms. The van der Waals surface area contributed by atoms with Crippen LogP contribution in [0.15, 0.2) is 36.4 Å². The molecule has 0 fully saturated rings. The molecule has 0 spiro atoms. The first-order chi connectivity index (χ1) is 7.74. The van der Waals surface area contributed by atoms with Gasteiger partial charge in [0.2, 0.25) is 0 Å². The molecule has 0 unspecified atom stereocenters. The van der Waals surface area contributed by atoms with Crippen LogP contribution in [0.3, 0.4) is 0 Å². The van der Waals surface area contributed by atoms with Gasteiger partial charge < -0.3 is 0 Å². The Morgan fingerprint density at radius 3 is 2.56 bits per heavy atom. The highest BCUT2D eigenvalue weighted by Gasteiger charge is 2.03. The lowest BCUT2D eigenvalue weighted by atomic mass is 10.1. The SMILES string of the molecule is Cc1cc2cc3ccccc3nc2c(C)n1. The van der Waals surface area contributed by atoms with E-state index in [4.69, 9.17) is 0 Å². The Balaban J connectivity index is 2.51. The summed E-state index contributed by atoms with van der Waals surface area (Å²) in [7, 11) is 0. The van der Waals surface area contributed by atoms with E-state index in [2.05, 4.69) is 28.2 Å². The highest BCUT2D eigenvalue weighted by Crippen LogP contribution is 2.21. The van der Waals surface area contributed by atoms with Crippen molar-refractivity contribution in [3.05, 3.63) is 47.8 Å². The second-order valence-corrected chi connectivity index (χ2v) is 4.10. The Labute approximate surface area is 94.0 Å². The number of nitrogens with zero attached hydrogens (tertiary/aromatic N) is 2. The molecule has 3 rings (SSSR count). The number of aromatic nitrogens is 2. The van der Waals surface area contributed by atoms with Gasteiger partial charge in [-0.2, -0.15) is 0 Å². The van der Waals surface area contributed by atoms with E-state index in [1.54, 1.807) is 0 Å². The van der Waals surface area contributed by atoms with Crippen LogP contribution in [0.4, 0.5) is 0 Å². The van der Waals surface area contributed by atoms with E-state index < -0.39 is 0 Å². The maximum absolute atomic E-state index is 4.66. The first kappa shape index (κ1) is 9.28. The summed E-state index contributed by atoms with van der Waals surface area (Å²) >= 11 is 0. The van der Waals surface area contributed by atoms with Crippen molar-refractivity contribution in [3.8, 4) is 0 Å². The van der Waals surface area contributed by atoms with E-state index in [-0.39, 0.29) is 0 Å². The third-order valence-electron chi connectivity index (χ3n) is 2.80. The lowest BCUT2D eigenvalue weighted by Crippen LogP contribution is -1.91. The molecule has 2 nitrogen and oxygen atoms in total. The zero-order chi connectivity index (χ0) is 11.1. The van der Waals surface area contributed by atoms with Crippen LogP contribution in [0.5, 0.6) is 0 Å². The molecular weight excluding hydrogens is 196 g/mol. The average molecular weight is 208 g/mol. The van der Waals surface area contributed by atoms with Gasteiger partial charge in [0.1, 0.15) is 0 Å². The molecule has 0 atom stereocenters. The minimum atomic E-state index is 1.00. The maximum atomic E-state index is 4.66. The first-order valence-corrected chi connectivity index (χ1v) is 5.38. The molecule has 0 aliphatic heterocycles. The van der Waals surface area contributed by atoms with E-state index in [1.807, 2.05) is 32.0 Å². The summed E-state index contributed by atoms with van der Waals surface area (Å²) in [5.41, 5.74) is 4.08. The van der Waals surface area contributed by atoms with Crippen molar-refractivity contribution in [2.45, 2.75) is 13.8 Å². The molecule has 0 amide bonds. The fraction of sp³-hybridized carbons (Fsp3) is 0.143. The van der Waals surface area contributed by atoms with Crippen LogP contribution in [-0.4, -0.2) is 9.97 Å². The Bertz CT molecular complexity index is 687. The van der Waals surface area contributed by atoms with E-state index in [0.717, 1.165) is 22.4 Å². The van der Waals surface area contributed by atoms with Gasteiger partial charge in [0.05, 0.1) is 16.7 Å². The summed E-state index contributed by atoms with van der Waals surface area (Å²) in [5.74, 6) is 0. The van der Waals surface area contributed by atoms with Crippen molar-refractivity contribution in [2.24, 2.45) is 0 Å². The van der Waals surface area contributed by atoms with Crippen LogP contribution in [0, 0.1) is 13.8 Å². The monoisotopic (exact) mass is 208 g/mol. The normalized spacial score (nSPS) is 11.1. The average Bonchev–Trinajstić information content (AvgIpc) is 2.27. The van der Waals surface area contributed by atoms with Crippen molar-refractivity contribution >= 4 is 21.8 Å². The number of benzene rings is 1. The zero-order valence-electron chi connectivity index (χ0n) is 9.36. The van der Waals surface area contributed by atoms with Gasteiger partial charge in [-0.3, -0.25) is 4.98 Å². The van der Waals surface area contributed by atoms with Crippen LogP contribution in [0.25, 0.3) is 21.8 Å². The predicted octanol–water partition coefficient (Wildman–Crippen LogP) is 3.40. The van der Waals surface area contributed by atoms with Gasteiger partial charge in [-0.15, -0.1) is 0 Å². The molecule has 1 aromatic carbocycles. The van der Waals surface area contributed by atoms with Gasteiger partial charge in [-0.1, -0.05) is 18.2 Å². The molecule has 2 heteroatoms. The summed E-state index contributed by atoms with van der Waals surface area (Å²) < 4.78 is 0. The highest BCUT2D eigenvalue weighted by molar-refractivity contribution is 5.93. The molecular formula is C14H12N2. The van der Waals surface area contributed by atoms with Crippen LogP contribution >= 0.6 is 0 Å². The number of fused-ring (bicyclic) bond motifs is 2. The number of hydrogen-bond donors (Lipinski definition) is 0. The molecule has 0 saturated heterocycles. The summed E-state index contributed by atoms with van der Waals surface area (Å²) in [6, 6.07) is 12.4. The molecule has 3 aromatic rings. The fourth-order valence-corrected chi connectivity index (χ4v) is 2.11. The van der Waals surface area contributed by atoms with Crippen molar-refractivity contribution < 1.29 is 0 Å². The largest absolute Gasteiger partial charge is 0.256 e. The molecule has 0 bridgehead atoms. The zero-order valence-corrected chi connectivity index (χ0v) is 9.36. The molecule has 78 valence electrons. The fourth-order valence-electron chi connectivity index (χ4n) is 2.11. The Kier molecular flexibility index (Phi) is 1.90. The van der Waals surface area contributed by atoms with Crippen molar-refractivity contribution in [2.75, 3.05) is 0 Å². The molecule has 2 aromatic heterocycles. The third kappa shape index (κ3) is 1.34. The van der Waals surface area contributed by atoms with E-state index >= 15 is 0 Å². The van der Waals surface area contributed by atoms with Crippen molar-refractivity contribution in [1.82, 2.24) is 9.97 Å². The smallest absolute Gasteiger partial charge is 0.0922 e. The Morgan fingerprint density at radius 1 is 0.875 bits per heavy atom. The molecule has 2 heterocycles. The Morgan fingerprint density at radius 2 is 1.69 bits per heavy atom. The second-order valence-electron chi connectivity index (χ2n) is 4.10. The van der Waals surface area contributed by atoms with E-state index in [0.29, 0.717) is 0 Å². The quantitative estimate of drug-likeness (QED) is 0.529. The van der Waals surface area contributed by atoms with Gasteiger partial charge in [0.15, 0.2) is 0 Å². The molecule has 0 saturated carbocycles. The lowest BCUT2D eigenvalue weighted by molar-refractivity contribution is 1.14. The third-order valence-corrected chi connectivity index (χ3v) is 2.80. The van der Waals surface area contributed by atoms with E-state index in [9.17, 15) is 0 Å². The summed E-state index contributed by atoms with van der Waals surface area (Å²) in [6.07, 6.45) is 0. The minimum absolute atomic E-state index is 1.00. The van der Waals surface area contributed by atoms with Crippen LogP contribution < -0.4 is 0 Å². The van der Waals surface area contributed by atoms with Gasteiger partial charge in [-0.25, -0.2) is 4.98 Å². The van der Waals surface area contributed by atoms with Gasteiger partial charge in [0.25, 0.3) is 0 Å². The Hall–Kier alpha value is -1.96. The minimum Gasteiger partial charge on any atom is -0.256 e. The van der Waals surface area contributed by atoms with Crippen LogP contribution in [-0.2, 0) is 0 Å². The molecule has 0 N–H and O–H groups in total. The number of aryl methyl sites for hydroxylation is 2. The van der Waals surface area contributed by atoms with Crippen molar-refractivity contribution in [1.29, 1.82) is 0 Å². The van der Waals surface area contributed by atoms with Gasteiger partial charge >= 0.3 is 0 Å². The summed E-state index contributed by atoms with van der Waals surface area (Å²) in [4.78, 5) is 9.10. The topological polar surface area (TPSA) is 25.8 Å². The number of hydrogen-bond acceptors (Lipinski definition) is 2. The number of rotatable bonds is 0. The summed E-state index contributed by atoms with van der Waals surface area (Å²) in [6.45, 7) is 4.03. The van der Waals surface area contributed by atoms with Gasteiger partial charge in [0, 0.05) is 16.5 Å². The van der Waals surface area contributed by atoms with Crippen LogP contribution in [0.2, 0.25) is 0 Å². The summed E-state index contributed by atoms with van der Waals surface area (Å²) in [5, 5.41) is 2.35. The first-order valence-electron chi connectivity index (χ1n) is 5.38. The number of pyridine rings is 2.